The summed E-state index contributed by atoms with van der Waals surface area (Å²) in [5.41, 5.74) is 9.34. The number of para-hydroxylation sites is 2. The van der Waals surface area contributed by atoms with Gasteiger partial charge in [-0.3, -0.25) is 9.59 Å². The molecule has 4 rings (SSSR count). The van der Waals surface area contributed by atoms with Crippen LogP contribution in [-0.4, -0.2) is 49.6 Å². The lowest BCUT2D eigenvalue weighted by Crippen LogP contribution is -2.33. The molecule has 0 fully saturated rings. The third kappa shape index (κ3) is 7.65. The molecule has 10 heteroatoms. The molecule has 0 radical (unpaired) electrons. The van der Waals surface area contributed by atoms with Gasteiger partial charge in [0.2, 0.25) is 6.29 Å². The van der Waals surface area contributed by atoms with Crippen molar-refractivity contribution in [1.82, 2.24) is 5.32 Å². The van der Waals surface area contributed by atoms with Crippen molar-refractivity contribution in [2.45, 2.75) is 25.2 Å². The second-order valence-electron chi connectivity index (χ2n) is 8.60. The van der Waals surface area contributed by atoms with Crippen molar-refractivity contribution in [2.75, 3.05) is 37.5 Å². The first kappa shape index (κ1) is 27.3. The zero-order valence-corrected chi connectivity index (χ0v) is 21.6. The van der Waals surface area contributed by atoms with Gasteiger partial charge in [0.15, 0.2) is 5.76 Å². The van der Waals surface area contributed by atoms with Crippen LogP contribution in [-0.2, 0) is 25.5 Å². The Morgan fingerprint density at radius 3 is 2.61 bits per heavy atom. The van der Waals surface area contributed by atoms with Gasteiger partial charge in [0.1, 0.15) is 0 Å². The van der Waals surface area contributed by atoms with E-state index in [-0.39, 0.29) is 49.9 Å². The van der Waals surface area contributed by atoms with E-state index in [0.717, 1.165) is 11.1 Å². The van der Waals surface area contributed by atoms with Crippen molar-refractivity contribution in [2.24, 2.45) is 0 Å². The zero-order chi connectivity index (χ0) is 26.7. The SMILES string of the molecule is Nc1ccccc1NC(=O)c1ccc(CNC(=O)C2=CC(c3ccsc3)CC(OCCOCCO)O2)cc1. The number of hydrogen-bond acceptors (Lipinski definition) is 8. The van der Waals surface area contributed by atoms with Crippen LogP contribution in [0.5, 0.6) is 0 Å². The number of nitrogen functional groups attached to an aromatic ring is 1. The molecule has 0 saturated heterocycles. The molecule has 0 aliphatic carbocycles. The highest BCUT2D eigenvalue weighted by atomic mass is 32.1. The summed E-state index contributed by atoms with van der Waals surface area (Å²) in [5.74, 6) is -0.441. The van der Waals surface area contributed by atoms with Crippen molar-refractivity contribution in [3.8, 4) is 0 Å². The van der Waals surface area contributed by atoms with Crippen molar-refractivity contribution in [1.29, 1.82) is 0 Å². The third-order valence-electron chi connectivity index (χ3n) is 5.90. The van der Waals surface area contributed by atoms with E-state index < -0.39 is 6.29 Å². The van der Waals surface area contributed by atoms with E-state index in [2.05, 4.69) is 10.6 Å². The summed E-state index contributed by atoms with van der Waals surface area (Å²) in [6, 6.07) is 16.0. The number of allylic oxidation sites excluding steroid dienone is 1. The molecule has 3 aromatic rings. The quantitative estimate of drug-likeness (QED) is 0.205. The molecule has 0 bridgehead atoms. The maximum absolute atomic E-state index is 13.0. The molecule has 38 heavy (non-hydrogen) atoms. The molecule has 2 atom stereocenters. The lowest BCUT2D eigenvalue weighted by molar-refractivity contribution is -0.151. The number of aliphatic hydroxyl groups is 1. The van der Waals surface area contributed by atoms with Gasteiger partial charge in [-0.05, 0) is 58.3 Å². The van der Waals surface area contributed by atoms with Crippen molar-refractivity contribution in [3.63, 3.8) is 0 Å². The summed E-state index contributed by atoms with van der Waals surface area (Å²) in [4.78, 5) is 25.5. The fraction of sp³-hybridized carbons (Fsp3) is 0.286. The predicted molar refractivity (Wildman–Crippen MR) is 146 cm³/mol. The van der Waals surface area contributed by atoms with Crippen LogP contribution in [0.3, 0.4) is 0 Å². The minimum atomic E-state index is -0.597. The van der Waals surface area contributed by atoms with Crippen LogP contribution in [0.25, 0.3) is 0 Å². The van der Waals surface area contributed by atoms with Gasteiger partial charge in [-0.25, -0.2) is 0 Å². The summed E-state index contributed by atoms with van der Waals surface area (Å²) in [5, 5.41) is 18.5. The van der Waals surface area contributed by atoms with Gasteiger partial charge in [-0.2, -0.15) is 11.3 Å². The molecule has 0 spiro atoms. The molecule has 1 aliphatic rings. The summed E-state index contributed by atoms with van der Waals surface area (Å²) in [7, 11) is 0. The summed E-state index contributed by atoms with van der Waals surface area (Å²) in [6.07, 6.45) is 1.80. The van der Waals surface area contributed by atoms with Crippen LogP contribution in [0, 0.1) is 0 Å². The normalized spacial score (nSPS) is 16.8. The van der Waals surface area contributed by atoms with E-state index in [1.807, 2.05) is 22.9 Å². The van der Waals surface area contributed by atoms with E-state index >= 15 is 0 Å². The molecule has 1 aromatic heterocycles. The smallest absolute Gasteiger partial charge is 0.286 e. The van der Waals surface area contributed by atoms with E-state index in [9.17, 15) is 9.59 Å². The lowest BCUT2D eigenvalue weighted by atomic mass is 9.95. The molecule has 2 unspecified atom stereocenters. The fourth-order valence-corrected chi connectivity index (χ4v) is 4.62. The Morgan fingerprint density at radius 2 is 1.87 bits per heavy atom. The van der Waals surface area contributed by atoms with Crippen LogP contribution in [0.2, 0.25) is 0 Å². The number of nitrogens with two attached hydrogens (primary N) is 1. The maximum Gasteiger partial charge on any atom is 0.286 e. The Kier molecular flexibility index (Phi) is 9.88. The monoisotopic (exact) mass is 537 g/mol. The number of carbonyl (C=O) groups is 2. The Balaban J connectivity index is 1.33. The number of amides is 2. The van der Waals surface area contributed by atoms with Crippen molar-refractivity contribution < 1.29 is 28.9 Å². The van der Waals surface area contributed by atoms with E-state index in [4.69, 9.17) is 25.1 Å². The Morgan fingerprint density at radius 1 is 1.05 bits per heavy atom. The average molecular weight is 538 g/mol. The first-order valence-corrected chi connectivity index (χ1v) is 13.2. The largest absolute Gasteiger partial charge is 0.459 e. The van der Waals surface area contributed by atoms with Crippen LogP contribution in [0.4, 0.5) is 11.4 Å². The number of rotatable bonds is 12. The van der Waals surface area contributed by atoms with Crippen molar-refractivity contribution >= 4 is 34.5 Å². The molecule has 0 saturated carbocycles. The number of anilines is 2. The highest BCUT2D eigenvalue weighted by molar-refractivity contribution is 7.08. The van der Waals surface area contributed by atoms with Crippen LogP contribution < -0.4 is 16.4 Å². The third-order valence-corrected chi connectivity index (χ3v) is 6.60. The Labute approximate surface area is 225 Å². The van der Waals surface area contributed by atoms with E-state index in [0.29, 0.717) is 30.0 Å². The van der Waals surface area contributed by atoms with Gasteiger partial charge < -0.3 is 35.7 Å². The van der Waals surface area contributed by atoms with Gasteiger partial charge >= 0.3 is 0 Å². The van der Waals surface area contributed by atoms with Gasteiger partial charge in [0.25, 0.3) is 11.8 Å². The minimum Gasteiger partial charge on any atom is -0.459 e. The zero-order valence-electron chi connectivity index (χ0n) is 20.8. The summed E-state index contributed by atoms with van der Waals surface area (Å²) in [6.45, 7) is 1.06. The second kappa shape index (κ2) is 13.7. The fourth-order valence-electron chi connectivity index (χ4n) is 3.89. The van der Waals surface area contributed by atoms with Gasteiger partial charge in [0, 0.05) is 24.4 Å². The molecule has 1 aliphatic heterocycles. The average Bonchev–Trinajstić information content (AvgIpc) is 3.48. The Hall–Kier alpha value is -3.70. The van der Waals surface area contributed by atoms with Gasteiger partial charge in [-0.1, -0.05) is 24.3 Å². The number of hydrogen-bond donors (Lipinski definition) is 4. The number of ether oxygens (including phenoxy) is 3. The molecular formula is C28H31N3O6S. The standard InChI is InChI=1S/C28H31N3O6S/c29-23-3-1-2-4-24(23)31-27(33)20-7-5-19(6-8-20)17-30-28(34)25-15-22(21-9-14-38-18-21)16-26(37-25)36-13-12-35-11-10-32/h1-9,14-15,18,22,26,32H,10-13,16-17,29H2,(H,30,34)(H,31,33). The topological polar surface area (TPSA) is 132 Å². The number of benzene rings is 2. The van der Waals surface area contributed by atoms with Crippen LogP contribution >= 0.6 is 11.3 Å². The Bertz CT molecular complexity index is 1230. The summed E-state index contributed by atoms with van der Waals surface area (Å²) < 4.78 is 16.9. The second-order valence-corrected chi connectivity index (χ2v) is 9.38. The number of aliphatic hydroxyl groups excluding tert-OH is 1. The molecule has 2 aromatic carbocycles. The molecule has 200 valence electrons. The molecule has 9 nitrogen and oxygen atoms in total. The van der Waals surface area contributed by atoms with E-state index in [1.54, 1.807) is 59.9 Å². The highest BCUT2D eigenvalue weighted by Crippen LogP contribution is 2.32. The number of nitrogens with one attached hydrogen (secondary N) is 2. The maximum atomic E-state index is 13.0. The summed E-state index contributed by atoms with van der Waals surface area (Å²) >= 11 is 1.59. The molecular weight excluding hydrogens is 506 g/mol. The van der Waals surface area contributed by atoms with Crippen molar-refractivity contribution in [3.05, 3.63) is 93.9 Å². The number of carbonyl (C=O) groups excluding carboxylic acids is 2. The van der Waals surface area contributed by atoms with Crippen LogP contribution in [0.1, 0.15) is 33.8 Å². The molecule has 5 N–H and O–H groups in total. The lowest BCUT2D eigenvalue weighted by Gasteiger charge is -2.29. The van der Waals surface area contributed by atoms with Crippen LogP contribution in [0.15, 0.2) is 77.2 Å². The molecule has 2 heterocycles. The predicted octanol–water partition coefficient (Wildman–Crippen LogP) is 3.64. The number of thiophene rings is 1. The first-order chi connectivity index (χ1) is 18.5. The highest BCUT2D eigenvalue weighted by Gasteiger charge is 2.29. The van der Waals surface area contributed by atoms with Gasteiger partial charge in [0.05, 0.1) is 37.8 Å². The molecule has 2 amide bonds. The van der Waals surface area contributed by atoms with E-state index in [1.165, 1.54) is 0 Å². The minimum absolute atomic E-state index is 0.0180. The van der Waals surface area contributed by atoms with Gasteiger partial charge in [-0.15, -0.1) is 0 Å². The first-order valence-electron chi connectivity index (χ1n) is 12.3.